The van der Waals surface area contributed by atoms with E-state index in [0.717, 1.165) is 0 Å². The van der Waals surface area contributed by atoms with Crippen LogP contribution in [0.2, 0.25) is 0 Å². The van der Waals surface area contributed by atoms with E-state index in [0.29, 0.717) is 42.2 Å². The van der Waals surface area contributed by atoms with Crippen LogP contribution in [0.25, 0.3) is 0 Å². The van der Waals surface area contributed by atoms with E-state index in [9.17, 15) is 44.4 Å². The van der Waals surface area contributed by atoms with Crippen molar-refractivity contribution in [2.45, 2.75) is 31.3 Å². The highest BCUT2D eigenvalue weighted by atomic mass is 32.1. The number of carboxylic acids is 5. The smallest absolute Gasteiger partial charge is 0.320 e. The largest absolute Gasteiger partial charge is 0.480 e. The summed E-state index contributed by atoms with van der Waals surface area (Å²) in [5.41, 5.74) is 6.83. The molecule has 47 heavy (non-hydrogen) atoms. The predicted octanol–water partition coefficient (Wildman–Crippen LogP) is -0.844. The van der Waals surface area contributed by atoms with Gasteiger partial charge in [0.15, 0.2) is 5.11 Å². The summed E-state index contributed by atoms with van der Waals surface area (Å²) in [7, 11) is 0. The molecule has 0 spiro atoms. The Morgan fingerprint density at radius 2 is 1.23 bits per heavy atom. The second-order valence-electron chi connectivity index (χ2n) is 11.3. The third-order valence-electron chi connectivity index (χ3n) is 7.55. The summed E-state index contributed by atoms with van der Waals surface area (Å²) in [6.45, 7) is 0.400. The van der Waals surface area contributed by atoms with Gasteiger partial charge in [0, 0.05) is 64.1 Å². The Labute approximate surface area is 277 Å². The first-order valence-corrected chi connectivity index (χ1v) is 15.6. The number of anilines is 1. The Balaban J connectivity index is 2.27. The SMILES string of the molecule is N[C@@H](CCCCNC(=S)Nc1ccc(C2CN(CC(=O)O)CCN(CC(=O)O)CCN(CC(=O)O)CCN2CC(=O)O)cc1)C(=O)O. The van der Waals surface area contributed by atoms with E-state index in [1.807, 2.05) is 0 Å². The van der Waals surface area contributed by atoms with E-state index >= 15 is 0 Å². The molecule has 1 fully saturated rings. The number of hydrogen-bond acceptors (Lipinski definition) is 11. The lowest BCUT2D eigenvalue weighted by atomic mass is 10.0. The molecule has 1 heterocycles. The normalized spacial score (nSPS) is 18.3. The number of hydrogen-bond donors (Lipinski definition) is 8. The molecule has 2 rings (SSSR count). The fourth-order valence-corrected chi connectivity index (χ4v) is 5.38. The number of nitrogens with zero attached hydrogens (tertiary/aromatic N) is 4. The molecule has 1 aliphatic rings. The Kier molecular flexibility index (Phi) is 17.0. The van der Waals surface area contributed by atoms with Crippen molar-refractivity contribution >= 4 is 52.9 Å². The summed E-state index contributed by atoms with van der Waals surface area (Å²) in [5.74, 6) is -5.39. The molecule has 262 valence electrons. The lowest BCUT2D eigenvalue weighted by Gasteiger charge is -2.37. The molecule has 0 bridgehead atoms. The highest BCUT2D eigenvalue weighted by Gasteiger charge is 2.28. The van der Waals surface area contributed by atoms with Crippen LogP contribution in [0.3, 0.4) is 0 Å². The van der Waals surface area contributed by atoms with Crippen LogP contribution in [0.5, 0.6) is 0 Å². The standard InChI is InChI=1S/C29H45N7O10S/c30-22(28(45)46)3-1-2-8-31-29(47)32-21-6-4-20(5-7-21)23-15-35(18-26(41)42)12-11-33(16-24(37)38)9-10-34(17-25(39)40)13-14-36(23)19-27(43)44/h4-7,22-23H,1-3,8-19,30H2,(H,37,38)(H,39,40)(H,41,42)(H,43,44)(H,45,46)(H2,31,32,47)/t22-,23?/m0/s1. The van der Waals surface area contributed by atoms with Crippen molar-refractivity contribution < 1.29 is 49.5 Å². The van der Waals surface area contributed by atoms with Crippen molar-refractivity contribution in [1.29, 1.82) is 0 Å². The number of thiocarbonyl (C=S) groups is 1. The van der Waals surface area contributed by atoms with Crippen LogP contribution in [0.15, 0.2) is 24.3 Å². The van der Waals surface area contributed by atoms with Crippen molar-refractivity contribution in [3.63, 3.8) is 0 Å². The maximum absolute atomic E-state index is 12.0. The summed E-state index contributed by atoms with van der Waals surface area (Å²) in [6.07, 6.45) is 1.62. The fraction of sp³-hybridized carbons (Fsp3) is 0.586. The number of aliphatic carboxylic acids is 5. The number of nitrogens with one attached hydrogen (secondary N) is 2. The molecule has 1 aromatic rings. The van der Waals surface area contributed by atoms with Gasteiger partial charge in [0.2, 0.25) is 0 Å². The zero-order valence-corrected chi connectivity index (χ0v) is 26.9. The summed E-state index contributed by atoms with van der Waals surface area (Å²) < 4.78 is 0. The van der Waals surface area contributed by atoms with Gasteiger partial charge in [0.1, 0.15) is 6.04 Å². The lowest BCUT2D eigenvalue weighted by molar-refractivity contribution is -0.142. The van der Waals surface area contributed by atoms with Crippen molar-refractivity contribution in [2.24, 2.45) is 5.73 Å². The second-order valence-corrected chi connectivity index (χ2v) is 11.7. The first kappa shape index (κ1) is 39.2. The summed E-state index contributed by atoms with van der Waals surface area (Å²) in [6, 6.07) is 5.52. The zero-order valence-electron chi connectivity index (χ0n) is 26.1. The van der Waals surface area contributed by atoms with Crippen molar-refractivity contribution in [1.82, 2.24) is 24.9 Å². The van der Waals surface area contributed by atoms with Gasteiger partial charge >= 0.3 is 29.8 Å². The predicted molar refractivity (Wildman–Crippen MR) is 174 cm³/mol. The number of benzene rings is 1. The number of rotatable bonds is 16. The van der Waals surface area contributed by atoms with Gasteiger partial charge in [-0.15, -0.1) is 0 Å². The highest BCUT2D eigenvalue weighted by Crippen LogP contribution is 2.24. The summed E-state index contributed by atoms with van der Waals surface area (Å²) in [5, 5.41) is 53.6. The third kappa shape index (κ3) is 15.9. The monoisotopic (exact) mass is 683 g/mol. The minimum atomic E-state index is -1.11. The molecule has 1 aromatic carbocycles. The topological polar surface area (TPSA) is 250 Å². The van der Waals surface area contributed by atoms with E-state index in [-0.39, 0.29) is 72.0 Å². The van der Waals surface area contributed by atoms with E-state index in [1.54, 1.807) is 43.9 Å². The van der Waals surface area contributed by atoms with E-state index < -0.39 is 41.9 Å². The minimum Gasteiger partial charge on any atom is -0.480 e. The van der Waals surface area contributed by atoms with E-state index in [2.05, 4.69) is 10.6 Å². The van der Waals surface area contributed by atoms with Crippen molar-refractivity contribution in [3.8, 4) is 0 Å². The average molecular weight is 684 g/mol. The van der Waals surface area contributed by atoms with Gasteiger partial charge in [0.05, 0.1) is 26.2 Å². The highest BCUT2D eigenvalue weighted by molar-refractivity contribution is 7.80. The minimum absolute atomic E-state index is 0.109. The van der Waals surface area contributed by atoms with Gasteiger partial charge in [-0.1, -0.05) is 12.1 Å². The third-order valence-corrected chi connectivity index (χ3v) is 7.80. The molecule has 0 aromatic heterocycles. The Bertz CT molecular complexity index is 1220. The van der Waals surface area contributed by atoms with Gasteiger partial charge in [0.25, 0.3) is 0 Å². The molecule has 0 radical (unpaired) electrons. The number of unbranched alkanes of at least 4 members (excludes halogenated alkanes) is 1. The maximum atomic E-state index is 12.0. The molecular weight excluding hydrogens is 638 g/mol. The average Bonchev–Trinajstić information content (AvgIpc) is 2.97. The Morgan fingerprint density at radius 3 is 1.74 bits per heavy atom. The van der Waals surface area contributed by atoms with E-state index in [1.165, 1.54) is 0 Å². The molecule has 0 aliphatic carbocycles. The molecule has 1 aliphatic heterocycles. The van der Waals surface area contributed by atoms with Crippen molar-refractivity contribution in [3.05, 3.63) is 29.8 Å². The molecule has 0 saturated carbocycles. The van der Waals surface area contributed by atoms with Gasteiger partial charge in [-0.2, -0.15) is 0 Å². The first-order valence-electron chi connectivity index (χ1n) is 15.1. The van der Waals surface area contributed by atoms with Gasteiger partial charge in [-0.05, 0) is 49.2 Å². The maximum Gasteiger partial charge on any atom is 0.320 e. The van der Waals surface area contributed by atoms with Gasteiger partial charge in [-0.3, -0.25) is 43.6 Å². The molecule has 18 heteroatoms. The summed E-state index contributed by atoms with van der Waals surface area (Å²) in [4.78, 5) is 64.2. The number of carboxylic acid groups (broad SMARTS) is 5. The van der Waals surface area contributed by atoms with Crippen LogP contribution >= 0.6 is 12.2 Å². The van der Waals surface area contributed by atoms with Crippen LogP contribution in [0.1, 0.15) is 30.9 Å². The Morgan fingerprint density at radius 1 is 0.745 bits per heavy atom. The zero-order chi connectivity index (χ0) is 34.9. The lowest BCUT2D eigenvalue weighted by Crippen LogP contribution is -2.50. The second kappa shape index (κ2) is 20.3. The molecule has 17 nitrogen and oxygen atoms in total. The van der Waals surface area contributed by atoms with Gasteiger partial charge in [-0.25, -0.2) is 0 Å². The van der Waals surface area contributed by atoms with Crippen LogP contribution in [0.4, 0.5) is 5.69 Å². The van der Waals surface area contributed by atoms with Crippen LogP contribution in [0, 0.1) is 0 Å². The first-order chi connectivity index (χ1) is 22.2. The van der Waals surface area contributed by atoms with Crippen molar-refractivity contribution in [2.75, 3.05) is 83.9 Å². The van der Waals surface area contributed by atoms with Crippen LogP contribution in [-0.2, 0) is 24.0 Å². The molecule has 1 saturated heterocycles. The van der Waals surface area contributed by atoms with Crippen LogP contribution < -0.4 is 16.4 Å². The summed E-state index contributed by atoms with van der Waals surface area (Å²) >= 11 is 5.36. The molecule has 1 unspecified atom stereocenters. The number of carbonyl (C=O) groups is 5. The quantitative estimate of drug-likeness (QED) is 0.0781. The molecule has 9 N–H and O–H groups in total. The van der Waals surface area contributed by atoms with Gasteiger partial charge < -0.3 is 41.9 Å². The Hall–Kier alpha value is -3.94. The van der Waals surface area contributed by atoms with E-state index in [4.69, 9.17) is 23.1 Å². The molecule has 0 amide bonds. The molecule has 2 atom stereocenters. The molecular formula is C29H45N7O10S. The number of nitrogens with two attached hydrogens (primary N) is 1. The van der Waals surface area contributed by atoms with Crippen LogP contribution in [-0.4, -0.2) is 165 Å². The fourth-order valence-electron chi connectivity index (χ4n) is 5.16.